The third-order valence-corrected chi connectivity index (χ3v) is 3.64. The van der Waals surface area contributed by atoms with Crippen molar-refractivity contribution in [3.63, 3.8) is 0 Å². The molecule has 0 saturated carbocycles. The zero-order valence-corrected chi connectivity index (χ0v) is 10.8. The topological polar surface area (TPSA) is 74.7 Å². The van der Waals surface area contributed by atoms with Gasteiger partial charge < -0.3 is 5.11 Å². The fourth-order valence-electron chi connectivity index (χ4n) is 2.19. The number of carboxylic acids is 1. The summed E-state index contributed by atoms with van der Waals surface area (Å²) in [5.41, 5.74) is -0.300. The monoisotopic (exact) mass is 261 g/mol. The molecule has 1 aromatic rings. The molecule has 5 heteroatoms. The van der Waals surface area contributed by atoms with E-state index in [4.69, 9.17) is 5.11 Å². The summed E-state index contributed by atoms with van der Waals surface area (Å²) in [5.74, 6) is -1.63. The summed E-state index contributed by atoms with van der Waals surface area (Å²) in [7, 11) is 0. The van der Waals surface area contributed by atoms with Crippen LogP contribution in [0.3, 0.4) is 0 Å². The Labute approximate surface area is 110 Å². The number of amides is 2. The van der Waals surface area contributed by atoms with Crippen molar-refractivity contribution < 1.29 is 19.5 Å². The van der Waals surface area contributed by atoms with E-state index in [1.54, 1.807) is 13.0 Å². The fourth-order valence-corrected chi connectivity index (χ4v) is 2.19. The molecule has 0 aliphatic carbocycles. The van der Waals surface area contributed by atoms with Crippen molar-refractivity contribution >= 4 is 23.5 Å². The predicted octanol–water partition coefficient (Wildman–Crippen LogP) is 2.06. The molecule has 0 aromatic heterocycles. The average Bonchev–Trinajstić information content (AvgIpc) is 2.61. The van der Waals surface area contributed by atoms with Crippen LogP contribution in [-0.4, -0.2) is 22.9 Å². The van der Waals surface area contributed by atoms with Crippen LogP contribution in [0.4, 0.5) is 5.69 Å². The number of carbonyl (C=O) groups excluding carboxylic acids is 2. The van der Waals surface area contributed by atoms with E-state index in [0.717, 1.165) is 4.90 Å². The molecule has 19 heavy (non-hydrogen) atoms. The molecule has 0 unspecified atom stereocenters. The molecule has 2 amide bonds. The number of hydrogen-bond donors (Lipinski definition) is 1. The Hall–Kier alpha value is -2.17. The molecule has 1 fully saturated rings. The maximum Gasteiger partial charge on any atom is 0.335 e. The molecule has 0 bridgehead atoms. The molecule has 0 radical (unpaired) electrons. The predicted molar refractivity (Wildman–Crippen MR) is 68.9 cm³/mol. The van der Waals surface area contributed by atoms with Crippen LogP contribution in [0.5, 0.6) is 0 Å². The summed E-state index contributed by atoms with van der Waals surface area (Å²) < 4.78 is 0. The second kappa shape index (κ2) is 4.50. The Bertz CT molecular complexity index is 566. The first kappa shape index (κ1) is 13.3. The lowest BCUT2D eigenvalue weighted by atomic mass is 9.86. The van der Waals surface area contributed by atoms with E-state index in [2.05, 4.69) is 0 Å². The number of carboxylic acid groups (broad SMARTS) is 1. The number of hydrogen-bond acceptors (Lipinski definition) is 3. The van der Waals surface area contributed by atoms with Gasteiger partial charge in [-0.15, -0.1) is 0 Å². The summed E-state index contributed by atoms with van der Waals surface area (Å²) >= 11 is 0. The van der Waals surface area contributed by atoms with Crippen molar-refractivity contribution in [1.29, 1.82) is 0 Å². The first-order valence-corrected chi connectivity index (χ1v) is 6.10. The summed E-state index contributed by atoms with van der Waals surface area (Å²) in [6.45, 7) is 3.62. The highest BCUT2D eigenvalue weighted by Crippen LogP contribution is 2.38. The molecule has 0 spiro atoms. The van der Waals surface area contributed by atoms with Gasteiger partial charge in [-0.05, 0) is 24.6 Å². The van der Waals surface area contributed by atoms with E-state index in [1.165, 1.54) is 18.2 Å². The van der Waals surface area contributed by atoms with Crippen molar-refractivity contribution in [3.8, 4) is 0 Å². The number of carbonyl (C=O) groups is 3. The molecule has 2 rings (SSSR count). The minimum atomic E-state index is -1.08. The largest absolute Gasteiger partial charge is 0.478 e. The minimum absolute atomic E-state index is 0.0585. The zero-order valence-electron chi connectivity index (χ0n) is 10.8. The average molecular weight is 261 g/mol. The summed E-state index contributed by atoms with van der Waals surface area (Å²) in [4.78, 5) is 36.3. The van der Waals surface area contributed by atoms with Crippen LogP contribution in [0, 0.1) is 5.41 Å². The number of nitrogens with zero attached hydrogens (tertiary/aromatic N) is 1. The standard InChI is InChI=1S/C14H15NO4/c1-3-14(2)8-11(16)15(13(14)19)10-6-4-5-9(7-10)12(17)18/h4-7H,3,8H2,1-2H3,(H,17,18)/t14-/m0/s1. The zero-order chi connectivity index (χ0) is 14.2. The van der Waals surface area contributed by atoms with E-state index >= 15 is 0 Å². The molecule has 1 atom stereocenters. The van der Waals surface area contributed by atoms with Crippen LogP contribution in [0.2, 0.25) is 0 Å². The molecule has 1 saturated heterocycles. The molecular formula is C14H15NO4. The van der Waals surface area contributed by atoms with Crippen molar-refractivity contribution in [3.05, 3.63) is 29.8 Å². The molecule has 1 N–H and O–H groups in total. The van der Waals surface area contributed by atoms with Gasteiger partial charge in [0.05, 0.1) is 16.7 Å². The molecule has 5 nitrogen and oxygen atoms in total. The molecule has 1 aromatic carbocycles. The van der Waals surface area contributed by atoms with Gasteiger partial charge in [-0.3, -0.25) is 14.5 Å². The first-order valence-electron chi connectivity index (χ1n) is 6.10. The van der Waals surface area contributed by atoms with Gasteiger partial charge in [-0.1, -0.05) is 19.9 Å². The van der Waals surface area contributed by atoms with Gasteiger partial charge >= 0.3 is 5.97 Å². The Morgan fingerprint density at radius 2 is 2.11 bits per heavy atom. The van der Waals surface area contributed by atoms with E-state index in [-0.39, 0.29) is 23.8 Å². The van der Waals surface area contributed by atoms with E-state index in [1.807, 2.05) is 6.92 Å². The van der Waals surface area contributed by atoms with Gasteiger partial charge in [0.25, 0.3) is 0 Å². The van der Waals surface area contributed by atoms with E-state index in [9.17, 15) is 14.4 Å². The van der Waals surface area contributed by atoms with Crippen molar-refractivity contribution in [2.24, 2.45) is 5.41 Å². The Balaban J connectivity index is 2.42. The van der Waals surface area contributed by atoms with E-state index in [0.29, 0.717) is 12.1 Å². The van der Waals surface area contributed by atoms with Crippen molar-refractivity contribution in [2.45, 2.75) is 26.7 Å². The maximum atomic E-state index is 12.3. The lowest BCUT2D eigenvalue weighted by Crippen LogP contribution is -2.34. The lowest BCUT2D eigenvalue weighted by Gasteiger charge is -2.20. The highest BCUT2D eigenvalue weighted by atomic mass is 16.4. The third-order valence-electron chi connectivity index (χ3n) is 3.64. The molecule has 1 aliphatic rings. The van der Waals surface area contributed by atoms with E-state index < -0.39 is 11.4 Å². The molecular weight excluding hydrogens is 246 g/mol. The SMILES string of the molecule is CC[C@@]1(C)CC(=O)N(c2cccc(C(=O)O)c2)C1=O. The number of benzene rings is 1. The van der Waals surface area contributed by atoms with Gasteiger partial charge in [-0.25, -0.2) is 4.79 Å². The normalized spacial score (nSPS) is 22.9. The summed E-state index contributed by atoms with van der Waals surface area (Å²) in [5, 5.41) is 8.94. The second-order valence-electron chi connectivity index (χ2n) is 4.98. The number of anilines is 1. The third kappa shape index (κ3) is 2.12. The smallest absolute Gasteiger partial charge is 0.335 e. The van der Waals surface area contributed by atoms with Crippen LogP contribution >= 0.6 is 0 Å². The Morgan fingerprint density at radius 3 is 2.63 bits per heavy atom. The molecule has 100 valence electrons. The van der Waals surface area contributed by atoms with Gasteiger partial charge in [0.1, 0.15) is 0 Å². The summed E-state index contributed by atoms with van der Waals surface area (Å²) in [6, 6.07) is 5.88. The van der Waals surface area contributed by atoms with Crippen molar-refractivity contribution in [1.82, 2.24) is 0 Å². The van der Waals surface area contributed by atoms with Crippen LogP contribution in [0.15, 0.2) is 24.3 Å². The highest BCUT2D eigenvalue weighted by molar-refractivity contribution is 6.22. The second-order valence-corrected chi connectivity index (χ2v) is 4.98. The highest BCUT2D eigenvalue weighted by Gasteiger charge is 2.47. The Morgan fingerprint density at radius 1 is 1.42 bits per heavy atom. The van der Waals surface area contributed by atoms with Gasteiger partial charge in [-0.2, -0.15) is 0 Å². The molecule has 1 aliphatic heterocycles. The van der Waals surface area contributed by atoms with Crippen LogP contribution in [0.25, 0.3) is 0 Å². The quantitative estimate of drug-likeness (QED) is 0.845. The van der Waals surface area contributed by atoms with Crippen LogP contribution < -0.4 is 4.90 Å². The number of imide groups is 1. The molecule has 1 heterocycles. The number of aromatic carboxylic acids is 1. The van der Waals surface area contributed by atoms with Gasteiger partial charge in [0.15, 0.2) is 0 Å². The fraction of sp³-hybridized carbons (Fsp3) is 0.357. The Kier molecular flexibility index (Phi) is 3.14. The van der Waals surface area contributed by atoms with Gasteiger partial charge in [0.2, 0.25) is 11.8 Å². The maximum absolute atomic E-state index is 12.3. The first-order chi connectivity index (χ1) is 8.89. The van der Waals surface area contributed by atoms with Gasteiger partial charge in [0, 0.05) is 6.42 Å². The van der Waals surface area contributed by atoms with Crippen molar-refractivity contribution in [2.75, 3.05) is 4.90 Å². The number of rotatable bonds is 3. The van der Waals surface area contributed by atoms with Crippen LogP contribution in [-0.2, 0) is 9.59 Å². The lowest BCUT2D eigenvalue weighted by molar-refractivity contribution is -0.125. The van der Waals surface area contributed by atoms with Crippen LogP contribution in [0.1, 0.15) is 37.0 Å². The minimum Gasteiger partial charge on any atom is -0.478 e. The summed E-state index contributed by atoms with van der Waals surface area (Å²) in [6.07, 6.45) is 0.742.